The third kappa shape index (κ3) is 4.77. The monoisotopic (exact) mass is 270 g/mol. The SMILES string of the molecule is CCOC(=O)C(C)(CCCCN(C)C1CCC1)NC. The molecule has 1 aliphatic carbocycles. The molecule has 0 heterocycles. The Bertz CT molecular complexity index is 279. The summed E-state index contributed by atoms with van der Waals surface area (Å²) in [4.78, 5) is 14.4. The minimum Gasteiger partial charge on any atom is -0.465 e. The summed E-state index contributed by atoms with van der Waals surface area (Å²) in [7, 11) is 4.05. The summed E-state index contributed by atoms with van der Waals surface area (Å²) in [6.07, 6.45) is 7.12. The van der Waals surface area contributed by atoms with Gasteiger partial charge in [0.05, 0.1) is 6.61 Å². The van der Waals surface area contributed by atoms with Gasteiger partial charge in [0.25, 0.3) is 0 Å². The van der Waals surface area contributed by atoms with Crippen LogP contribution < -0.4 is 5.32 Å². The van der Waals surface area contributed by atoms with Crippen molar-refractivity contribution < 1.29 is 9.53 Å². The fraction of sp³-hybridized carbons (Fsp3) is 0.933. The topological polar surface area (TPSA) is 41.6 Å². The molecule has 0 saturated heterocycles. The van der Waals surface area contributed by atoms with Gasteiger partial charge in [-0.2, -0.15) is 0 Å². The molecule has 0 amide bonds. The van der Waals surface area contributed by atoms with Gasteiger partial charge in [-0.25, -0.2) is 0 Å². The van der Waals surface area contributed by atoms with E-state index >= 15 is 0 Å². The lowest BCUT2D eigenvalue weighted by Crippen LogP contribution is -2.48. The summed E-state index contributed by atoms with van der Waals surface area (Å²) in [5.41, 5.74) is -0.537. The number of carbonyl (C=O) groups is 1. The number of nitrogens with zero attached hydrogens (tertiary/aromatic N) is 1. The number of esters is 1. The molecule has 19 heavy (non-hydrogen) atoms. The number of rotatable bonds is 9. The number of ether oxygens (including phenoxy) is 1. The molecule has 0 spiro atoms. The van der Waals surface area contributed by atoms with Crippen molar-refractivity contribution in [2.45, 2.75) is 64.0 Å². The van der Waals surface area contributed by atoms with Crippen LogP contribution in [0.2, 0.25) is 0 Å². The third-order valence-electron chi connectivity index (χ3n) is 4.41. The quantitative estimate of drug-likeness (QED) is 0.515. The van der Waals surface area contributed by atoms with E-state index in [4.69, 9.17) is 4.74 Å². The third-order valence-corrected chi connectivity index (χ3v) is 4.41. The van der Waals surface area contributed by atoms with Crippen LogP contribution in [0.4, 0.5) is 0 Å². The van der Waals surface area contributed by atoms with Crippen LogP contribution in [0.3, 0.4) is 0 Å². The van der Waals surface area contributed by atoms with E-state index in [1.165, 1.54) is 19.3 Å². The molecule has 1 N–H and O–H groups in total. The number of likely N-dealkylation sites (N-methyl/N-ethyl adjacent to an activating group) is 1. The van der Waals surface area contributed by atoms with E-state index < -0.39 is 5.54 Å². The molecule has 0 bridgehead atoms. The summed E-state index contributed by atoms with van der Waals surface area (Å²) in [6, 6.07) is 0.806. The minimum absolute atomic E-state index is 0.134. The van der Waals surface area contributed by atoms with Crippen LogP contribution in [0, 0.1) is 0 Å². The predicted octanol–water partition coefficient (Wildman–Crippen LogP) is 2.18. The molecule has 0 aliphatic heterocycles. The molecular weight excluding hydrogens is 240 g/mol. The Morgan fingerprint density at radius 3 is 2.58 bits per heavy atom. The molecular formula is C15H30N2O2. The van der Waals surface area contributed by atoms with Crippen LogP contribution in [0.1, 0.15) is 52.4 Å². The molecule has 1 fully saturated rings. The number of hydrogen-bond acceptors (Lipinski definition) is 4. The van der Waals surface area contributed by atoms with Gasteiger partial charge in [0, 0.05) is 6.04 Å². The summed E-state index contributed by atoms with van der Waals surface area (Å²) in [5.74, 6) is -0.134. The van der Waals surface area contributed by atoms with Crippen LogP contribution in [-0.2, 0) is 9.53 Å². The average Bonchev–Trinajstić information content (AvgIpc) is 2.32. The van der Waals surface area contributed by atoms with Gasteiger partial charge in [0.15, 0.2) is 0 Å². The van der Waals surface area contributed by atoms with Crippen molar-refractivity contribution >= 4 is 5.97 Å². The zero-order valence-electron chi connectivity index (χ0n) is 13.0. The molecule has 112 valence electrons. The molecule has 1 aliphatic rings. The smallest absolute Gasteiger partial charge is 0.326 e. The lowest BCUT2D eigenvalue weighted by atomic mass is 9.91. The highest BCUT2D eigenvalue weighted by molar-refractivity contribution is 5.80. The van der Waals surface area contributed by atoms with Crippen molar-refractivity contribution in [3.63, 3.8) is 0 Å². The van der Waals surface area contributed by atoms with Gasteiger partial charge in [0.1, 0.15) is 5.54 Å². The Balaban J connectivity index is 2.22. The average molecular weight is 270 g/mol. The second-order valence-electron chi connectivity index (χ2n) is 5.83. The highest BCUT2D eigenvalue weighted by Gasteiger charge is 2.32. The molecule has 1 atom stereocenters. The summed E-state index contributed by atoms with van der Waals surface area (Å²) in [6.45, 7) is 5.36. The molecule has 4 heteroatoms. The van der Waals surface area contributed by atoms with Crippen LogP contribution in [0.25, 0.3) is 0 Å². The molecule has 0 aromatic heterocycles. The van der Waals surface area contributed by atoms with E-state index in [9.17, 15) is 4.79 Å². The predicted molar refractivity (Wildman–Crippen MR) is 78.2 cm³/mol. The maximum absolute atomic E-state index is 11.9. The first-order valence-electron chi connectivity index (χ1n) is 7.60. The summed E-state index contributed by atoms with van der Waals surface area (Å²) < 4.78 is 5.13. The van der Waals surface area contributed by atoms with Crippen molar-refractivity contribution in [3.8, 4) is 0 Å². The maximum atomic E-state index is 11.9. The van der Waals surface area contributed by atoms with E-state index in [-0.39, 0.29) is 5.97 Å². The largest absolute Gasteiger partial charge is 0.465 e. The highest BCUT2D eigenvalue weighted by Crippen LogP contribution is 2.24. The van der Waals surface area contributed by atoms with E-state index in [1.54, 1.807) is 0 Å². The Labute approximate surface area is 117 Å². The number of nitrogens with one attached hydrogen (secondary N) is 1. The van der Waals surface area contributed by atoms with Crippen molar-refractivity contribution in [1.82, 2.24) is 10.2 Å². The van der Waals surface area contributed by atoms with Gasteiger partial charge in [0.2, 0.25) is 0 Å². The second kappa shape index (κ2) is 7.85. The normalized spacial score (nSPS) is 19.0. The van der Waals surface area contributed by atoms with Crippen LogP contribution in [0.15, 0.2) is 0 Å². The molecule has 0 aromatic rings. The molecule has 0 radical (unpaired) electrons. The first-order valence-corrected chi connectivity index (χ1v) is 7.60. The minimum atomic E-state index is -0.537. The van der Waals surface area contributed by atoms with Crippen LogP contribution in [0.5, 0.6) is 0 Å². The molecule has 4 nitrogen and oxygen atoms in total. The van der Waals surface area contributed by atoms with Gasteiger partial charge in [-0.05, 0) is 66.6 Å². The lowest BCUT2D eigenvalue weighted by Gasteiger charge is -2.35. The van der Waals surface area contributed by atoms with Crippen molar-refractivity contribution in [2.24, 2.45) is 0 Å². The highest BCUT2D eigenvalue weighted by atomic mass is 16.5. The zero-order valence-corrected chi connectivity index (χ0v) is 13.0. The van der Waals surface area contributed by atoms with Crippen LogP contribution in [-0.4, -0.2) is 49.7 Å². The standard InChI is InChI=1S/C15H30N2O2/c1-5-19-14(18)15(2,16-3)11-6-7-12-17(4)13-9-8-10-13/h13,16H,5-12H2,1-4H3. The van der Waals surface area contributed by atoms with E-state index in [1.807, 2.05) is 20.9 Å². The number of hydrogen-bond donors (Lipinski definition) is 1. The van der Waals surface area contributed by atoms with Crippen molar-refractivity contribution in [1.29, 1.82) is 0 Å². The molecule has 1 rings (SSSR count). The molecule has 1 saturated carbocycles. The zero-order chi connectivity index (χ0) is 14.3. The van der Waals surface area contributed by atoms with E-state index in [2.05, 4.69) is 17.3 Å². The van der Waals surface area contributed by atoms with E-state index in [0.717, 1.165) is 31.8 Å². The maximum Gasteiger partial charge on any atom is 0.326 e. The van der Waals surface area contributed by atoms with Gasteiger partial charge in [-0.1, -0.05) is 6.42 Å². The lowest BCUT2D eigenvalue weighted by molar-refractivity contribution is -0.150. The summed E-state index contributed by atoms with van der Waals surface area (Å²) in [5, 5.41) is 3.11. The Hall–Kier alpha value is -0.610. The fourth-order valence-corrected chi connectivity index (χ4v) is 2.47. The van der Waals surface area contributed by atoms with Crippen molar-refractivity contribution in [2.75, 3.05) is 27.2 Å². The molecule has 1 unspecified atom stereocenters. The Morgan fingerprint density at radius 2 is 2.11 bits per heavy atom. The summed E-state index contributed by atoms with van der Waals surface area (Å²) >= 11 is 0. The van der Waals surface area contributed by atoms with Crippen LogP contribution >= 0.6 is 0 Å². The number of carbonyl (C=O) groups excluding carboxylic acids is 1. The van der Waals surface area contributed by atoms with E-state index in [0.29, 0.717) is 6.61 Å². The van der Waals surface area contributed by atoms with Gasteiger partial charge >= 0.3 is 5.97 Å². The fourth-order valence-electron chi connectivity index (χ4n) is 2.47. The molecule has 0 aromatic carbocycles. The second-order valence-corrected chi connectivity index (χ2v) is 5.83. The van der Waals surface area contributed by atoms with Gasteiger partial charge in [-0.3, -0.25) is 4.79 Å². The Kier molecular flexibility index (Phi) is 6.80. The first-order chi connectivity index (χ1) is 9.03. The van der Waals surface area contributed by atoms with Crippen molar-refractivity contribution in [3.05, 3.63) is 0 Å². The Morgan fingerprint density at radius 1 is 1.42 bits per heavy atom. The number of unbranched alkanes of at least 4 members (excludes halogenated alkanes) is 1. The van der Waals surface area contributed by atoms with Gasteiger partial charge < -0.3 is 15.0 Å². The van der Waals surface area contributed by atoms with Gasteiger partial charge in [-0.15, -0.1) is 0 Å². The first kappa shape index (κ1) is 16.4.